The van der Waals surface area contributed by atoms with E-state index in [9.17, 15) is 19.2 Å². The summed E-state index contributed by atoms with van der Waals surface area (Å²) >= 11 is 5.94. The first-order chi connectivity index (χ1) is 13.5. The highest BCUT2D eigenvalue weighted by Crippen LogP contribution is 2.23. The minimum Gasteiger partial charge on any atom is -0.467 e. The van der Waals surface area contributed by atoms with E-state index in [0.29, 0.717) is 0 Å². The second-order valence-electron chi connectivity index (χ2n) is 6.88. The SMILES string of the molecule is CCOC(=O)Nc1cc(Cl)ccc1C(=O)CC(NC(=O)OC(C)(C)C)C(=O)OC. The highest BCUT2D eigenvalue weighted by atomic mass is 35.5. The molecular weight excluding hydrogens is 404 g/mol. The van der Waals surface area contributed by atoms with Crippen molar-refractivity contribution >= 4 is 41.2 Å². The Bertz CT molecular complexity index is 774. The van der Waals surface area contributed by atoms with Crippen molar-refractivity contribution in [3.63, 3.8) is 0 Å². The maximum atomic E-state index is 12.8. The first-order valence-corrected chi connectivity index (χ1v) is 9.18. The van der Waals surface area contributed by atoms with E-state index < -0.39 is 42.0 Å². The van der Waals surface area contributed by atoms with E-state index in [1.807, 2.05) is 0 Å². The molecule has 0 spiro atoms. The van der Waals surface area contributed by atoms with Gasteiger partial charge in [-0.2, -0.15) is 0 Å². The molecule has 0 saturated heterocycles. The van der Waals surface area contributed by atoms with Gasteiger partial charge >= 0.3 is 18.2 Å². The van der Waals surface area contributed by atoms with Crippen LogP contribution in [0.3, 0.4) is 0 Å². The molecule has 2 N–H and O–H groups in total. The minimum atomic E-state index is -1.28. The average molecular weight is 429 g/mol. The Balaban J connectivity index is 3.03. The topological polar surface area (TPSA) is 120 Å². The molecule has 10 heteroatoms. The molecule has 0 fully saturated rings. The van der Waals surface area contributed by atoms with Gasteiger partial charge in [0, 0.05) is 17.0 Å². The van der Waals surface area contributed by atoms with Crippen molar-refractivity contribution in [2.45, 2.75) is 45.8 Å². The van der Waals surface area contributed by atoms with Crippen molar-refractivity contribution in [3.05, 3.63) is 28.8 Å². The van der Waals surface area contributed by atoms with Crippen LogP contribution in [0.15, 0.2) is 18.2 Å². The number of methoxy groups -OCH3 is 1. The molecule has 1 aromatic carbocycles. The van der Waals surface area contributed by atoms with Gasteiger partial charge in [-0.25, -0.2) is 14.4 Å². The second kappa shape index (κ2) is 10.7. The van der Waals surface area contributed by atoms with E-state index >= 15 is 0 Å². The quantitative estimate of drug-likeness (QED) is 0.387. The fourth-order valence-electron chi connectivity index (χ4n) is 2.22. The van der Waals surface area contributed by atoms with Crippen molar-refractivity contribution in [1.29, 1.82) is 0 Å². The lowest BCUT2D eigenvalue weighted by Crippen LogP contribution is -2.45. The summed E-state index contributed by atoms with van der Waals surface area (Å²) < 4.78 is 14.6. The summed E-state index contributed by atoms with van der Waals surface area (Å²) in [5.41, 5.74) is -0.592. The number of carbonyl (C=O) groups excluding carboxylic acids is 4. The van der Waals surface area contributed by atoms with Gasteiger partial charge in [0.15, 0.2) is 5.78 Å². The van der Waals surface area contributed by atoms with Crippen LogP contribution in [0.4, 0.5) is 15.3 Å². The lowest BCUT2D eigenvalue weighted by Gasteiger charge is -2.22. The normalized spacial score (nSPS) is 11.8. The Morgan fingerprint density at radius 1 is 1.14 bits per heavy atom. The number of Topliss-reactive ketones (excluding diaryl/α,β-unsaturated/α-hetero) is 1. The van der Waals surface area contributed by atoms with E-state index in [4.69, 9.17) is 21.1 Å². The number of ether oxygens (including phenoxy) is 3. The molecule has 1 atom stereocenters. The molecule has 0 aliphatic carbocycles. The third-order valence-corrected chi connectivity index (χ3v) is 3.60. The zero-order chi connectivity index (χ0) is 22.2. The van der Waals surface area contributed by atoms with E-state index in [-0.39, 0.29) is 22.9 Å². The van der Waals surface area contributed by atoms with Crippen molar-refractivity contribution in [1.82, 2.24) is 5.32 Å². The molecule has 0 aromatic heterocycles. The fraction of sp³-hybridized carbons (Fsp3) is 0.474. The van der Waals surface area contributed by atoms with Gasteiger partial charge in [0.2, 0.25) is 0 Å². The molecule has 1 rings (SSSR count). The smallest absolute Gasteiger partial charge is 0.411 e. The third-order valence-electron chi connectivity index (χ3n) is 3.36. The van der Waals surface area contributed by atoms with Crippen molar-refractivity contribution in [2.24, 2.45) is 0 Å². The summed E-state index contributed by atoms with van der Waals surface area (Å²) in [5.74, 6) is -1.36. The Kier molecular flexibility index (Phi) is 8.90. The molecule has 0 aliphatic heterocycles. The number of benzene rings is 1. The number of rotatable bonds is 7. The number of carbonyl (C=O) groups is 4. The summed E-state index contributed by atoms with van der Waals surface area (Å²) in [5, 5.41) is 5.03. The van der Waals surface area contributed by atoms with Gasteiger partial charge in [0.25, 0.3) is 0 Å². The maximum Gasteiger partial charge on any atom is 0.411 e. The molecule has 2 amide bonds. The molecule has 0 aliphatic rings. The van der Waals surface area contributed by atoms with E-state index in [0.717, 1.165) is 7.11 Å². The predicted molar refractivity (Wildman–Crippen MR) is 106 cm³/mol. The van der Waals surface area contributed by atoms with E-state index in [2.05, 4.69) is 15.4 Å². The van der Waals surface area contributed by atoms with Gasteiger partial charge in [0.1, 0.15) is 11.6 Å². The van der Waals surface area contributed by atoms with Crippen LogP contribution in [0.2, 0.25) is 5.02 Å². The van der Waals surface area contributed by atoms with Crippen molar-refractivity contribution in [2.75, 3.05) is 19.0 Å². The number of ketones is 1. The van der Waals surface area contributed by atoms with Gasteiger partial charge in [-0.15, -0.1) is 0 Å². The van der Waals surface area contributed by atoms with Crippen LogP contribution in [0.1, 0.15) is 44.5 Å². The molecule has 0 saturated carbocycles. The Morgan fingerprint density at radius 3 is 2.34 bits per heavy atom. The summed E-state index contributed by atoms with van der Waals surface area (Å²) in [4.78, 5) is 48.5. The lowest BCUT2D eigenvalue weighted by atomic mass is 10.0. The Labute approximate surface area is 174 Å². The van der Waals surface area contributed by atoms with Gasteiger partial charge in [-0.05, 0) is 45.9 Å². The highest BCUT2D eigenvalue weighted by Gasteiger charge is 2.28. The number of hydrogen-bond acceptors (Lipinski definition) is 7. The van der Waals surface area contributed by atoms with Crippen LogP contribution < -0.4 is 10.6 Å². The van der Waals surface area contributed by atoms with Gasteiger partial charge in [-0.1, -0.05) is 11.6 Å². The Hall–Kier alpha value is -2.81. The lowest BCUT2D eigenvalue weighted by molar-refractivity contribution is -0.143. The van der Waals surface area contributed by atoms with Crippen LogP contribution in [0.25, 0.3) is 0 Å². The van der Waals surface area contributed by atoms with Crippen LogP contribution in [-0.4, -0.2) is 49.3 Å². The maximum absolute atomic E-state index is 12.8. The highest BCUT2D eigenvalue weighted by molar-refractivity contribution is 6.31. The minimum absolute atomic E-state index is 0.0855. The number of alkyl carbamates (subject to hydrolysis) is 1. The molecular formula is C19H25ClN2O7. The van der Waals surface area contributed by atoms with Gasteiger partial charge in [0.05, 0.1) is 19.4 Å². The van der Waals surface area contributed by atoms with Gasteiger partial charge < -0.3 is 19.5 Å². The first-order valence-electron chi connectivity index (χ1n) is 8.80. The number of esters is 1. The number of amides is 2. The largest absolute Gasteiger partial charge is 0.467 e. The average Bonchev–Trinajstić information content (AvgIpc) is 2.59. The number of hydrogen-bond donors (Lipinski definition) is 2. The molecule has 0 bridgehead atoms. The monoisotopic (exact) mass is 428 g/mol. The molecule has 1 unspecified atom stereocenters. The van der Waals surface area contributed by atoms with Crippen LogP contribution >= 0.6 is 11.6 Å². The van der Waals surface area contributed by atoms with Crippen LogP contribution in [0, 0.1) is 0 Å². The molecule has 9 nitrogen and oxygen atoms in total. The standard InChI is InChI=1S/C19H25ClN2O7/c1-6-28-17(25)21-13-9-11(20)7-8-12(13)15(23)10-14(16(24)27-5)22-18(26)29-19(2,3)4/h7-9,14H,6,10H2,1-5H3,(H,21,25)(H,22,26). The van der Waals surface area contributed by atoms with E-state index in [1.54, 1.807) is 27.7 Å². The van der Waals surface area contributed by atoms with Crippen molar-refractivity contribution < 1.29 is 33.4 Å². The third kappa shape index (κ3) is 8.39. The molecule has 1 aromatic rings. The summed E-state index contributed by atoms with van der Waals surface area (Å²) in [6.07, 6.45) is -2.06. The number of anilines is 1. The fourth-order valence-corrected chi connectivity index (χ4v) is 2.39. The number of halogens is 1. The molecule has 0 radical (unpaired) electrons. The van der Waals surface area contributed by atoms with Gasteiger partial charge in [-0.3, -0.25) is 10.1 Å². The zero-order valence-corrected chi connectivity index (χ0v) is 17.7. The van der Waals surface area contributed by atoms with Crippen molar-refractivity contribution in [3.8, 4) is 0 Å². The molecule has 29 heavy (non-hydrogen) atoms. The van der Waals surface area contributed by atoms with Crippen LogP contribution in [0.5, 0.6) is 0 Å². The van der Waals surface area contributed by atoms with E-state index in [1.165, 1.54) is 18.2 Å². The predicted octanol–water partition coefficient (Wildman–Crippen LogP) is 3.55. The molecule has 0 heterocycles. The molecule has 160 valence electrons. The second-order valence-corrected chi connectivity index (χ2v) is 7.32. The first kappa shape index (κ1) is 24.2. The zero-order valence-electron chi connectivity index (χ0n) is 17.0. The summed E-state index contributed by atoms with van der Waals surface area (Å²) in [6, 6.07) is 2.95. The summed E-state index contributed by atoms with van der Waals surface area (Å²) in [7, 11) is 1.13. The summed E-state index contributed by atoms with van der Waals surface area (Å²) in [6.45, 7) is 6.75. The Morgan fingerprint density at radius 2 is 1.79 bits per heavy atom. The van der Waals surface area contributed by atoms with Crippen LogP contribution in [-0.2, 0) is 19.0 Å². The number of nitrogens with one attached hydrogen (secondary N) is 2.